The Labute approximate surface area is 111 Å². The zero-order chi connectivity index (χ0) is 14.3. The van der Waals surface area contributed by atoms with Gasteiger partial charge in [-0.3, -0.25) is 4.79 Å². The van der Waals surface area contributed by atoms with Crippen LogP contribution in [0, 0.1) is 0 Å². The Bertz CT molecular complexity index is 462. The number of nitrogens with zero attached hydrogens (tertiary/aromatic N) is 1. The summed E-state index contributed by atoms with van der Waals surface area (Å²) in [6.07, 6.45) is 1.48. The molecule has 1 aromatic heterocycles. The third-order valence-electron chi connectivity index (χ3n) is 2.28. The lowest BCUT2D eigenvalue weighted by molar-refractivity contribution is -0.118. The first kappa shape index (κ1) is 14.7. The van der Waals surface area contributed by atoms with Crippen LogP contribution < -0.4 is 16.4 Å². The molecule has 7 heteroatoms. The fourth-order valence-corrected chi connectivity index (χ4v) is 1.42. The first-order chi connectivity index (χ1) is 9.06. The van der Waals surface area contributed by atoms with E-state index in [1.807, 2.05) is 0 Å². The molecule has 1 amide bonds. The lowest BCUT2D eigenvalue weighted by atomic mass is 10.2. The number of nitrogen functional groups attached to an aromatic ring is 1. The van der Waals surface area contributed by atoms with Crippen LogP contribution in [-0.2, 0) is 9.53 Å². The first-order valence-electron chi connectivity index (χ1n) is 5.96. The molecule has 1 heterocycles. The van der Waals surface area contributed by atoms with Crippen molar-refractivity contribution in [2.45, 2.75) is 13.8 Å². The van der Waals surface area contributed by atoms with Gasteiger partial charge in [0.1, 0.15) is 5.82 Å². The summed E-state index contributed by atoms with van der Waals surface area (Å²) in [4.78, 5) is 26.4. The molecule has 4 N–H and O–H groups in total. The molecule has 0 fully saturated rings. The van der Waals surface area contributed by atoms with Gasteiger partial charge in [-0.2, -0.15) is 0 Å². The summed E-state index contributed by atoms with van der Waals surface area (Å²) >= 11 is 0. The highest BCUT2D eigenvalue weighted by Gasteiger charge is 2.14. The summed E-state index contributed by atoms with van der Waals surface area (Å²) in [5.41, 5.74) is 6.36. The van der Waals surface area contributed by atoms with Crippen LogP contribution in [-0.4, -0.2) is 36.6 Å². The highest BCUT2D eigenvalue weighted by molar-refractivity contribution is 5.97. The van der Waals surface area contributed by atoms with E-state index in [4.69, 9.17) is 10.5 Å². The number of nitrogens with two attached hydrogens (primary N) is 1. The maximum absolute atomic E-state index is 11.6. The minimum absolute atomic E-state index is 0.108. The van der Waals surface area contributed by atoms with Gasteiger partial charge in [0, 0.05) is 26.2 Å². The molecule has 1 aromatic rings. The van der Waals surface area contributed by atoms with Crippen LogP contribution >= 0.6 is 0 Å². The van der Waals surface area contributed by atoms with Crippen LogP contribution in [0.4, 0.5) is 11.5 Å². The van der Waals surface area contributed by atoms with Crippen molar-refractivity contribution in [3.05, 3.63) is 17.8 Å². The standard InChI is InChI=1S/C12H18N4O3/c1-3-19-12(18)9-4-5-15-11(10(9)13)16-7-6-14-8(2)17/h4-5H,3,6-7,13H2,1-2H3,(H,14,17)(H,15,16). The number of hydrogen-bond acceptors (Lipinski definition) is 6. The lowest BCUT2D eigenvalue weighted by Crippen LogP contribution is -2.26. The van der Waals surface area contributed by atoms with E-state index in [1.165, 1.54) is 19.2 Å². The Morgan fingerprint density at radius 1 is 1.42 bits per heavy atom. The number of nitrogens with one attached hydrogen (secondary N) is 2. The van der Waals surface area contributed by atoms with Gasteiger partial charge in [-0.05, 0) is 13.0 Å². The second-order valence-electron chi connectivity index (χ2n) is 3.75. The van der Waals surface area contributed by atoms with E-state index in [0.29, 0.717) is 18.9 Å². The molecule has 7 nitrogen and oxygen atoms in total. The Kier molecular flexibility index (Phi) is 5.59. The van der Waals surface area contributed by atoms with E-state index in [9.17, 15) is 9.59 Å². The van der Waals surface area contributed by atoms with Gasteiger partial charge in [0.2, 0.25) is 5.91 Å². The molecule has 0 unspecified atom stereocenters. The quantitative estimate of drug-likeness (QED) is 0.508. The van der Waals surface area contributed by atoms with Crippen LogP contribution in [0.5, 0.6) is 0 Å². The van der Waals surface area contributed by atoms with Crippen molar-refractivity contribution < 1.29 is 14.3 Å². The fourth-order valence-electron chi connectivity index (χ4n) is 1.42. The molecule has 0 saturated carbocycles. The van der Waals surface area contributed by atoms with Gasteiger partial charge in [0.25, 0.3) is 0 Å². The first-order valence-corrected chi connectivity index (χ1v) is 5.96. The van der Waals surface area contributed by atoms with Crippen molar-refractivity contribution in [2.75, 3.05) is 30.7 Å². The van der Waals surface area contributed by atoms with Crippen LogP contribution in [0.1, 0.15) is 24.2 Å². The largest absolute Gasteiger partial charge is 0.462 e. The monoisotopic (exact) mass is 266 g/mol. The molecule has 19 heavy (non-hydrogen) atoms. The van der Waals surface area contributed by atoms with Crippen molar-refractivity contribution in [1.29, 1.82) is 0 Å². The number of ether oxygens (including phenoxy) is 1. The van der Waals surface area contributed by atoms with Gasteiger partial charge in [-0.25, -0.2) is 9.78 Å². The van der Waals surface area contributed by atoms with Crippen molar-refractivity contribution >= 4 is 23.4 Å². The molecule has 0 atom stereocenters. The molecule has 0 spiro atoms. The number of carbonyl (C=O) groups excluding carboxylic acids is 2. The maximum atomic E-state index is 11.6. The number of anilines is 2. The second-order valence-corrected chi connectivity index (χ2v) is 3.75. The molecule has 0 aliphatic carbocycles. The summed E-state index contributed by atoms with van der Waals surface area (Å²) in [5, 5.41) is 5.58. The molecule has 1 rings (SSSR count). The smallest absolute Gasteiger partial charge is 0.340 e. The number of amides is 1. The molecule has 0 aromatic carbocycles. The van der Waals surface area contributed by atoms with E-state index >= 15 is 0 Å². The second kappa shape index (κ2) is 7.20. The summed E-state index contributed by atoms with van der Waals surface area (Å²) < 4.78 is 4.89. The highest BCUT2D eigenvalue weighted by atomic mass is 16.5. The lowest BCUT2D eigenvalue weighted by Gasteiger charge is -2.11. The third-order valence-corrected chi connectivity index (χ3v) is 2.28. The van der Waals surface area contributed by atoms with Gasteiger partial charge < -0.3 is 21.1 Å². The highest BCUT2D eigenvalue weighted by Crippen LogP contribution is 2.20. The average molecular weight is 266 g/mol. The van der Waals surface area contributed by atoms with Crippen LogP contribution in [0.3, 0.4) is 0 Å². The zero-order valence-corrected chi connectivity index (χ0v) is 11.0. The van der Waals surface area contributed by atoms with Gasteiger partial charge in [0.15, 0.2) is 0 Å². The molecule has 0 aliphatic rings. The van der Waals surface area contributed by atoms with E-state index < -0.39 is 5.97 Å². The molecular formula is C12H18N4O3. The Hall–Kier alpha value is -2.31. The number of aromatic nitrogens is 1. The summed E-state index contributed by atoms with van der Waals surface area (Å²) in [6, 6.07) is 1.51. The molecule has 104 valence electrons. The summed E-state index contributed by atoms with van der Waals surface area (Å²) in [6.45, 7) is 4.35. The van der Waals surface area contributed by atoms with Crippen molar-refractivity contribution in [3.8, 4) is 0 Å². The van der Waals surface area contributed by atoms with E-state index in [-0.39, 0.29) is 23.8 Å². The van der Waals surface area contributed by atoms with Gasteiger partial charge in [0.05, 0.1) is 17.9 Å². The van der Waals surface area contributed by atoms with Crippen molar-refractivity contribution in [2.24, 2.45) is 0 Å². The Morgan fingerprint density at radius 3 is 2.79 bits per heavy atom. The summed E-state index contributed by atoms with van der Waals surface area (Å²) in [7, 11) is 0. The molecule has 0 bridgehead atoms. The number of esters is 1. The van der Waals surface area contributed by atoms with Crippen LogP contribution in [0.15, 0.2) is 12.3 Å². The molecule has 0 aliphatic heterocycles. The number of rotatable bonds is 6. The predicted octanol–water partition coefficient (Wildman–Crippen LogP) is 0.389. The topological polar surface area (TPSA) is 106 Å². The average Bonchev–Trinajstić information content (AvgIpc) is 2.36. The minimum Gasteiger partial charge on any atom is -0.462 e. The molecule has 0 radical (unpaired) electrons. The maximum Gasteiger partial charge on any atom is 0.340 e. The molecule has 0 saturated heterocycles. The van der Waals surface area contributed by atoms with Crippen LogP contribution in [0.25, 0.3) is 0 Å². The Balaban J connectivity index is 2.66. The number of pyridine rings is 1. The minimum atomic E-state index is -0.479. The summed E-state index contributed by atoms with van der Waals surface area (Å²) in [5.74, 6) is -0.189. The van der Waals surface area contributed by atoms with Crippen molar-refractivity contribution in [1.82, 2.24) is 10.3 Å². The van der Waals surface area contributed by atoms with Gasteiger partial charge in [-0.15, -0.1) is 0 Å². The normalized spacial score (nSPS) is 9.79. The van der Waals surface area contributed by atoms with Gasteiger partial charge in [-0.1, -0.05) is 0 Å². The van der Waals surface area contributed by atoms with Crippen molar-refractivity contribution in [3.63, 3.8) is 0 Å². The van der Waals surface area contributed by atoms with E-state index in [0.717, 1.165) is 0 Å². The molecular weight excluding hydrogens is 248 g/mol. The fraction of sp³-hybridized carbons (Fsp3) is 0.417. The SMILES string of the molecule is CCOC(=O)c1ccnc(NCCNC(C)=O)c1N. The van der Waals surface area contributed by atoms with Crippen LogP contribution in [0.2, 0.25) is 0 Å². The van der Waals surface area contributed by atoms with Gasteiger partial charge >= 0.3 is 5.97 Å². The predicted molar refractivity (Wildman–Crippen MR) is 71.8 cm³/mol. The Morgan fingerprint density at radius 2 is 2.16 bits per heavy atom. The van der Waals surface area contributed by atoms with E-state index in [1.54, 1.807) is 6.92 Å². The third kappa shape index (κ3) is 4.46. The number of hydrogen-bond donors (Lipinski definition) is 3. The number of carbonyl (C=O) groups is 2. The zero-order valence-electron chi connectivity index (χ0n) is 11.0. The van der Waals surface area contributed by atoms with E-state index in [2.05, 4.69) is 15.6 Å².